The van der Waals surface area contributed by atoms with Crippen molar-refractivity contribution >= 4 is 28.8 Å². The number of ether oxygens (including phenoxy) is 1. The van der Waals surface area contributed by atoms with Gasteiger partial charge in [0.15, 0.2) is 5.01 Å². The van der Waals surface area contributed by atoms with Gasteiger partial charge in [-0.15, -0.1) is 10.2 Å². The summed E-state index contributed by atoms with van der Waals surface area (Å²) in [6, 6.07) is 12.6. The van der Waals surface area contributed by atoms with E-state index in [4.69, 9.17) is 4.74 Å². The third-order valence-corrected chi connectivity index (χ3v) is 6.17. The van der Waals surface area contributed by atoms with Crippen molar-refractivity contribution in [3.63, 3.8) is 0 Å². The Morgan fingerprint density at radius 1 is 1.16 bits per heavy atom. The predicted molar refractivity (Wildman–Crippen MR) is 119 cm³/mol. The molecule has 0 bridgehead atoms. The maximum absolute atomic E-state index is 13.0. The van der Waals surface area contributed by atoms with Crippen molar-refractivity contribution < 1.29 is 18.7 Å². The van der Waals surface area contributed by atoms with Crippen molar-refractivity contribution in [2.75, 3.05) is 18.4 Å². The van der Waals surface area contributed by atoms with Crippen LogP contribution in [0.3, 0.4) is 0 Å². The summed E-state index contributed by atoms with van der Waals surface area (Å²) in [6.45, 7) is 3.83. The molecule has 2 amide bonds. The largest absolute Gasteiger partial charge is 0.486 e. The predicted octanol–water partition coefficient (Wildman–Crippen LogP) is 4.38. The topological polar surface area (TPSA) is 84.4 Å². The van der Waals surface area contributed by atoms with Crippen LogP contribution in [0.15, 0.2) is 48.5 Å². The fourth-order valence-electron chi connectivity index (χ4n) is 3.39. The normalized spacial score (nSPS) is 14.2. The minimum atomic E-state index is -0.410. The van der Waals surface area contributed by atoms with Gasteiger partial charge in [-0.05, 0) is 61.2 Å². The monoisotopic (exact) mass is 454 g/mol. The Morgan fingerprint density at radius 2 is 1.91 bits per heavy atom. The van der Waals surface area contributed by atoms with E-state index in [1.54, 1.807) is 24.3 Å². The average Bonchev–Trinajstić information content (AvgIpc) is 3.28. The van der Waals surface area contributed by atoms with Crippen LogP contribution in [-0.2, 0) is 6.61 Å². The molecule has 3 aromatic rings. The lowest BCUT2D eigenvalue weighted by molar-refractivity contribution is 0.0697. The van der Waals surface area contributed by atoms with E-state index in [-0.39, 0.29) is 23.3 Å². The van der Waals surface area contributed by atoms with E-state index in [9.17, 15) is 14.0 Å². The Balaban J connectivity index is 1.35. The molecule has 0 saturated carbocycles. The number of piperidine rings is 1. The van der Waals surface area contributed by atoms with Crippen LogP contribution < -0.4 is 10.1 Å². The fraction of sp³-hybridized carbons (Fsp3) is 0.304. The van der Waals surface area contributed by atoms with Gasteiger partial charge in [-0.2, -0.15) is 0 Å². The summed E-state index contributed by atoms with van der Waals surface area (Å²) in [4.78, 5) is 27.2. The van der Waals surface area contributed by atoms with Gasteiger partial charge in [0.2, 0.25) is 5.01 Å². The highest BCUT2D eigenvalue weighted by Gasteiger charge is 2.22. The highest BCUT2D eigenvalue weighted by molar-refractivity contribution is 7.13. The molecular weight excluding hydrogens is 431 g/mol. The van der Waals surface area contributed by atoms with Gasteiger partial charge in [0.05, 0.1) is 0 Å². The van der Waals surface area contributed by atoms with Gasteiger partial charge in [-0.3, -0.25) is 9.59 Å². The Morgan fingerprint density at radius 3 is 2.66 bits per heavy atom. The highest BCUT2D eigenvalue weighted by atomic mass is 32.1. The van der Waals surface area contributed by atoms with Crippen LogP contribution >= 0.6 is 11.3 Å². The number of nitrogens with zero attached hydrogens (tertiary/aromatic N) is 3. The highest BCUT2D eigenvalue weighted by Crippen LogP contribution is 2.21. The summed E-state index contributed by atoms with van der Waals surface area (Å²) < 4.78 is 18.5. The van der Waals surface area contributed by atoms with Gasteiger partial charge in [0, 0.05) is 24.3 Å². The van der Waals surface area contributed by atoms with Gasteiger partial charge >= 0.3 is 0 Å². The van der Waals surface area contributed by atoms with Crippen molar-refractivity contribution in [1.29, 1.82) is 0 Å². The molecule has 2 heterocycles. The van der Waals surface area contributed by atoms with E-state index in [1.807, 2.05) is 4.90 Å². The second-order valence-electron chi connectivity index (χ2n) is 7.75. The molecule has 0 spiro atoms. The van der Waals surface area contributed by atoms with Crippen LogP contribution in [-0.4, -0.2) is 40.0 Å². The number of aromatic nitrogens is 2. The van der Waals surface area contributed by atoms with Crippen molar-refractivity contribution in [3.05, 3.63) is 69.9 Å². The lowest BCUT2D eigenvalue weighted by Gasteiger charge is -2.30. The molecule has 4 rings (SSSR count). The number of likely N-dealkylation sites (tertiary alicyclic amines) is 1. The lowest BCUT2D eigenvalue weighted by atomic mass is 9.98. The molecule has 0 unspecified atom stereocenters. The minimum absolute atomic E-state index is 0.0239. The third kappa shape index (κ3) is 5.47. The first-order valence-electron chi connectivity index (χ1n) is 10.4. The number of halogens is 1. The van der Waals surface area contributed by atoms with E-state index in [0.29, 0.717) is 27.9 Å². The van der Waals surface area contributed by atoms with E-state index >= 15 is 0 Å². The number of hydrogen-bond donors (Lipinski definition) is 1. The first kappa shape index (κ1) is 21.9. The molecule has 32 heavy (non-hydrogen) atoms. The fourth-order valence-corrected chi connectivity index (χ4v) is 4.04. The molecular formula is C23H23FN4O3S. The molecule has 1 saturated heterocycles. The SMILES string of the molecule is CC1CCN(C(=O)c2cccc(NC(=O)c3nnc(COc4ccc(F)cc4)s3)c2)CC1. The van der Waals surface area contributed by atoms with Gasteiger partial charge in [-0.25, -0.2) is 4.39 Å². The van der Waals surface area contributed by atoms with Crippen LogP contribution in [0.5, 0.6) is 5.75 Å². The zero-order valence-corrected chi connectivity index (χ0v) is 18.4. The molecule has 0 radical (unpaired) electrons. The first-order valence-corrected chi connectivity index (χ1v) is 11.2. The Kier molecular flexibility index (Phi) is 6.75. The van der Waals surface area contributed by atoms with Crippen LogP contribution in [0.4, 0.5) is 10.1 Å². The number of amides is 2. The van der Waals surface area contributed by atoms with Gasteiger partial charge in [-0.1, -0.05) is 24.3 Å². The second kappa shape index (κ2) is 9.86. The number of anilines is 1. The van der Waals surface area contributed by atoms with Crippen LogP contribution in [0.1, 0.15) is 44.9 Å². The van der Waals surface area contributed by atoms with Gasteiger partial charge < -0.3 is 15.0 Å². The molecule has 9 heteroatoms. The third-order valence-electron chi connectivity index (χ3n) is 5.28. The number of rotatable bonds is 6. The van der Waals surface area contributed by atoms with Crippen molar-refractivity contribution in [2.24, 2.45) is 5.92 Å². The standard InChI is InChI=1S/C23H23FN4O3S/c1-15-9-11-28(12-10-15)23(30)16-3-2-4-18(13-16)25-21(29)22-27-26-20(32-22)14-31-19-7-5-17(24)6-8-19/h2-8,13,15H,9-12,14H2,1H3,(H,25,29). The second-order valence-corrected chi connectivity index (χ2v) is 8.82. The Hall–Kier alpha value is -3.33. The van der Waals surface area contributed by atoms with Crippen LogP contribution in [0, 0.1) is 11.7 Å². The molecule has 1 aromatic heterocycles. The first-order chi connectivity index (χ1) is 15.5. The molecule has 1 N–H and O–H groups in total. The van der Waals surface area contributed by atoms with Crippen molar-refractivity contribution in [1.82, 2.24) is 15.1 Å². The van der Waals surface area contributed by atoms with Gasteiger partial charge in [0.25, 0.3) is 11.8 Å². The molecule has 1 aliphatic rings. The molecule has 2 aromatic carbocycles. The molecule has 0 atom stereocenters. The number of benzene rings is 2. The van der Waals surface area contributed by atoms with Crippen molar-refractivity contribution in [3.8, 4) is 5.75 Å². The number of nitrogens with one attached hydrogen (secondary N) is 1. The number of hydrogen-bond acceptors (Lipinski definition) is 6. The minimum Gasteiger partial charge on any atom is -0.486 e. The maximum atomic E-state index is 13.0. The summed E-state index contributed by atoms with van der Waals surface area (Å²) in [5.41, 5.74) is 1.06. The summed E-state index contributed by atoms with van der Waals surface area (Å²) >= 11 is 1.11. The summed E-state index contributed by atoms with van der Waals surface area (Å²) in [7, 11) is 0. The summed E-state index contributed by atoms with van der Waals surface area (Å²) in [6.07, 6.45) is 2.01. The molecule has 0 aliphatic carbocycles. The van der Waals surface area contributed by atoms with E-state index in [0.717, 1.165) is 37.3 Å². The quantitative estimate of drug-likeness (QED) is 0.598. The Bertz CT molecular complexity index is 1090. The van der Waals surface area contributed by atoms with Gasteiger partial charge in [0.1, 0.15) is 18.2 Å². The summed E-state index contributed by atoms with van der Waals surface area (Å²) in [5, 5.41) is 11.4. The zero-order valence-electron chi connectivity index (χ0n) is 17.6. The lowest BCUT2D eigenvalue weighted by Crippen LogP contribution is -2.37. The number of carbonyl (C=O) groups is 2. The van der Waals surface area contributed by atoms with E-state index in [2.05, 4.69) is 22.4 Å². The number of carbonyl (C=O) groups excluding carboxylic acids is 2. The molecule has 166 valence electrons. The molecule has 7 nitrogen and oxygen atoms in total. The smallest absolute Gasteiger partial charge is 0.286 e. The van der Waals surface area contributed by atoms with Crippen molar-refractivity contribution in [2.45, 2.75) is 26.4 Å². The van der Waals surface area contributed by atoms with Crippen LogP contribution in [0.2, 0.25) is 0 Å². The maximum Gasteiger partial charge on any atom is 0.286 e. The van der Waals surface area contributed by atoms with E-state index in [1.165, 1.54) is 24.3 Å². The van der Waals surface area contributed by atoms with Crippen LogP contribution in [0.25, 0.3) is 0 Å². The average molecular weight is 455 g/mol. The summed E-state index contributed by atoms with van der Waals surface area (Å²) in [5.74, 6) is 0.361. The zero-order chi connectivity index (χ0) is 22.5. The molecule has 1 fully saturated rings. The van der Waals surface area contributed by atoms with E-state index < -0.39 is 5.91 Å². The molecule has 1 aliphatic heterocycles. The Labute approximate surface area is 189 Å².